The van der Waals surface area contributed by atoms with Gasteiger partial charge in [0, 0.05) is 12.3 Å². The molecule has 102 valence electrons. The molecule has 0 radical (unpaired) electrons. The molecule has 0 aliphatic heterocycles. The van der Waals surface area contributed by atoms with Gasteiger partial charge in [0.25, 0.3) is 0 Å². The standard InChI is InChI=1S/C12H15N3O4/c1-11(2,7-14)19-10(17)15-12(9(16)18-3)6-8(12)4-5-13/h8H,4,6H2,1-3H3,(H,15,17). The van der Waals surface area contributed by atoms with Crippen LogP contribution in [0.25, 0.3) is 0 Å². The topological polar surface area (TPSA) is 112 Å². The Hall–Kier alpha value is -2.28. The Labute approximate surface area is 111 Å². The monoisotopic (exact) mass is 265 g/mol. The number of alkyl carbamates (subject to hydrolysis) is 1. The number of amides is 1. The first-order valence-electron chi connectivity index (χ1n) is 5.69. The third-order valence-corrected chi connectivity index (χ3v) is 2.93. The number of nitriles is 2. The average Bonchev–Trinajstić information content (AvgIpc) is 3.02. The SMILES string of the molecule is COC(=O)C1(NC(=O)OC(C)(C)C#N)CC1CC#N. The molecule has 0 aromatic rings. The first kappa shape index (κ1) is 14.8. The van der Waals surface area contributed by atoms with Gasteiger partial charge in [0.2, 0.25) is 0 Å². The van der Waals surface area contributed by atoms with Gasteiger partial charge in [0.1, 0.15) is 11.6 Å². The number of rotatable bonds is 4. The van der Waals surface area contributed by atoms with E-state index >= 15 is 0 Å². The minimum atomic E-state index is -1.29. The second-order valence-electron chi connectivity index (χ2n) is 4.86. The fraction of sp³-hybridized carbons (Fsp3) is 0.667. The van der Waals surface area contributed by atoms with Gasteiger partial charge in [-0.25, -0.2) is 9.59 Å². The number of methoxy groups -OCH3 is 1. The van der Waals surface area contributed by atoms with Crippen LogP contribution in [0.1, 0.15) is 26.7 Å². The van der Waals surface area contributed by atoms with Crippen molar-refractivity contribution in [1.82, 2.24) is 5.32 Å². The Bertz CT molecular complexity index is 474. The first-order valence-corrected chi connectivity index (χ1v) is 5.69. The molecule has 1 fully saturated rings. The maximum Gasteiger partial charge on any atom is 0.409 e. The van der Waals surface area contributed by atoms with Crippen molar-refractivity contribution in [1.29, 1.82) is 10.5 Å². The second-order valence-corrected chi connectivity index (χ2v) is 4.86. The van der Waals surface area contributed by atoms with E-state index in [0.29, 0.717) is 6.42 Å². The lowest BCUT2D eigenvalue weighted by atomic mass is 10.1. The largest absolute Gasteiger partial charge is 0.467 e. The molecule has 0 aromatic heterocycles. The third-order valence-electron chi connectivity index (χ3n) is 2.93. The predicted octanol–water partition coefficient (Wildman–Crippen LogP) is 0.860. The van der Waals surface area contributed by atoms with Crippen molar-refractivity contribution >= 4 is 12.1 Å². The van der Waals surface area contributed by atoms with E-state index in [1.165, 1.54) is 21.0 Å². The number of esters is 1. The summed E-state index contributed by atoms with van der Waals surface area (Å²) in [6.07, 6.45) is -0.413. The molecule has 0 aromatic carbocycles. The number of carbonyl (C=O) groups is 2. The summed E-state index contributed by atoms with van der Waals surface area (Å²) in [6, 6.07) is 3.75. The number of nitrogens with zero attached hydrogens (tertiary/aromatic N) is 2. The zero-order valence-corrected chi connectivity index (χ0v) is 11.0. The molecular formula is C12H15N3O4. The summed E-state index contributed by atoms with van der Waals surface area (Å²) in [5, 5.41) is 19.8. The van der Waals surface area contributed by atoms with Crippen LogP contribution in [-0.4, -0.2) is 30.3 Å². The Balaban J connectivity index is 2.72. The highest BCUT2D eigenvalue weighted by Crippen LogP contribution is 2.46. The van der Waals surface area contributed by atoms with Gasteiger partial charge in [-0.1, -0.05) is 0 Å². The molecule has 0 bridgehead atoms. The Morgan fingerprint density at radius 3 is 2.58 bits per heavy atom. The summed E-state index contributed by atoms with van der Waals surface area (Å²) >= 11 is 0. The van der Waals surface area contributed by atoms with E-state index in [9.17, 15) is 9.59 Å². The van der Waals surface area contributed by atoms with Gasteiger partial charge in [-0.2, -0.15) is 10.5 Å². The summed E-state index contributed by atoms with van der Waals surface area (Å²) in [5.74, 6) is -0.901. The molecule has 1 amide bonds. The molecule has 0 heterocycles. The van der Waals surface area contributed by atoms with Gasteiger partial charge in [0.05, 0.1) is 13.2 Å². The summed E-state index contributed by atoms with van der Waals surface area (Å²) in [6.45, 7) is 2.86. The highest BCUT2D eigenvalue weighted by molar-refractivity contribution is 5.89. The summed E-state index contributed by atoms with van der Waals surface area (Å²) < 4.78 is 9.51. The van der Waals surface area contributed by atoms with Gasteiger partial charge in [-0.3, -0.25) is 0 Å². The van der Waals surface area contributed by atoms with Crippen molar-refractivity contribution in [3.05, 3.63) is 0 Å². The van der Waals surface area contributed by atoms with Gasteiger partial charge in [-0.05, 0) is 20.3 Å². The predicted molar refractivity (Wildman–Crippen MR) is 62.4 cm³/mol. The van der Waals surface area contributed by atoms with Crippen LogP contribution in [-0.2, 0) is 14.3 Å². The Morgan fingerprint density at radius 1 is 1.47 bits per heavy atom. The molecule has 1 rings (SSSR count). The summed E-state index contributed by atoms with van der Waals surface area (Å²) in [4.78, 5) is 23.4. The molecule has 1 N–H and O–H groups in total. The van der Waals surface area contributed by atoms with Crippen molar-refractivity contribution in [3.8, 4) is 12.1 Å². The lowest BCUT2D eigenvalue weighted by molar-refractivity contribution is -0.144. The normalized spacial score (nSPS) is 24.6. The van der Waals surface area contributed by atoms with E-state index in [4.69, 9.17) is 15.3 Å². The number of ether oxygens (including phenoxy) is 2. The van der Waals surface area contributed by atoms with Crippen LogP contribution in [0.2, 0.25) is 0 Å². The van der Waals surface area contributed by atoms with Crippen molar-refractivity contribution in [2.45, 2.75) is 37.8 Å². The van der Waals surface area contributed by atoms with Gasteiger partial charge in [0.15, 0.2) is 5.60 Å². The van der Waals surface area contributed by atoms with Gasteiger partial charge < -0.3 is 14.8 Å². The minimum absolute atomic E-state index is 0.136. The highest BCUT2D eigenvalue weighted by Gasteiger charge is 2.62. The minimum Gasteiger partial charge on any atom is -0.467 e. The lowest BCUT2D eigenvalue weighted by Gasteiger charge is -2.21. The Kier molecular flexibility index (Phi) is 4.01. The van der Waals surface area contributed by atoms with Gasteiger partial charge in [-0.15, -0.1) is 0 Å². The molecule has 7 nitrogen and oxygen atoms in total. The van der Waals surface area contributed by atoms with E-state index < -0.39 is 23.2 Å². The van der Waals surface area contributed by atoms with E-state index in [1.807, 2.05) is 6.07 Å². The first-order chi connectivity index (χ1) is 8.81. The second kappa shape index (κ2) is 5.15. The van der Waals surface area contributed by atoms with E-state index in [0.717, 1.165) is 0 Å². The summed E-state index contributed by atoms with van der Waals surface area (Å²) in [7, 11) is 1.21. The molecule has 0 spiro atoms. The molecule has 0 saturated heterocycles. The zero-order valence-electron chi connectivity index (χ0n) is 11.0. The van der Waals surface area contributed by atoms with E-state index in [1.54, 1.807) is 6.07 Å². The van der Waals surface area contributed by atoms with Crippen LogP contribution in [0.4, 0.5) is 4.79 Å². The molecule has 1 aliphatic rings. The number of carbonyl (C=O) groups excluding carboxylic acids is 2. The fourth-order valence-corrected chi connectivity index (χ4v) is 1.78. The van der Waals surface area contributed by atoms with Crippen LogP contribution < -0.4 is 5.32 Å². The molecule has 1 aliphatic carbocycles. The number of nitrogens with one attached hydrogen (secondary N) is 1. The summed E-state index contributed by atoms with van der Waals surface area (Å²) in [5.41, 5.74) is -2.49. The zero-order chi connectivity index (χ0) is 14.7. The van der Waals surface area contributed by atoms with Crippen LogP contribution in [0.15, 0.2) is 0 Å². The van der Waals surface area contributed by atoms with E-state index in [-0.39, 0.29) is 12.3 Å². The molecular weight excluding hydrogens is 250 g/mol. The molecule has 1 saturated carbocycles. The molecule has 2 atom stereocenters. The van der Waals surface area contributed by atoms with Crippen molar-refractivity contribution in [3.63, 3.8) is 0 Å². The maximum atomic E-state index is 11.7. The van der Waals surface area contributed by atoms with E-state index in [2.05, 4.69) is 10.1 Å². The quantitative estimate of drug-likeness (QED) is 0.754. The average molecular weight is 265 g/mol. The van der Waals surface area contributed by atoms with Crippen molar-refractivity contribution in [2.24, 2.45) is 5.92 Å². The highest BCUT2D eigenvalue weighted by atomic mass is 16.6. The number of hydrogen-bond donors (Lipinski definition) is 1. The fourth-order valence-electron chi connectivity index (χ4n) is 1.78. The molecule has 2 unspecified atom stereocenters. The lowest BCUT2D eigenvalue weighted by Crippen LogP contribution is -2.47. The van der Waals surface area contributed by atoms with Crippen LogP contribution in [0.3, 0.4) is 0 Å². The van der Waals surface area contributed by atoms with Crippen LogP contribution in [0, 0.1) is 28.6 Å². The van der Waals surface area contributed by atoms with Gasteiger partial charge >= 0.3 is 12.1 Å². The van der Waals surface area contributed by atoms with Crippen LogP contribution in [0.5, 0.6) is 0 Å². The van der Waals surface area contributed by atoms with Crippen molar-refractivity contribution in [2.75, 3.05) is 7.11 Å². The smallest absolute Gasteiger partial charge is 0.409 e. The third kappa shape index (κ3) is 3.14. The Morgan fingerprint density at radius 2 is 2.11 bits per heavy atom. The maximum absolute atomic E-state index is 11.7. The van der Waals surface area contributed by atoms with Crippen molar-refractivity contribution < 1.29 is 19.1 Å². The number of hydrogen-bond acceptors (Lipinski definition) is 6. The van der Waals surface area contributed by atoms with Crippen LogP contribution >= 0.6 is 0 Å². The molecule has 19 heavy (non-hydrogen) atoms. The molecule has 7 heteroatoms.